The van der Waals surface area contributed by atoms with Crippen molar-refractivity contribution in [2.45, 2.75) is 38.1 Å². The number of fused-ring (bicyclic) bond motifs is 2. The zero-order valence-electron chi connectivity index (χ0n) is 21.1. The Hall–Kier alpha value is -3.66. The average molecular weight is 504 g/mol. The number of hydrogen-bond donors (Lipinski definition) is 3. The van der Waals surface area contributed by atoms with Gasteiger partial charge in [-0.3, -0.25) is 15.0 Å². The normalized spacial score (nSPS) is 24.0. The van der Waals surface area contributed by atoms with Crippen LogP contribution in [0.2, 0.25) is 0 Å². The number of aromatic amines is 1. The van der Waals surface area contributed by atoms with Crippen LogP contribution in [-0.4, -0.2) is 71.0 Å². The molecule has 3 N–H and O–H groups in total. The minimum Gasteiger partial charge on any atom is -0.496 e. The fourth-order valence-corrected chi connectivity index (χ4v) is 6.13. The van der Waals surface area contributed by atoms with Gasteiger partial charge in [0.25, 0.3) is 5.91 Å². The largest absolute Gasteiger partial charge is 0.496 e. The summed E-state index contributed by atoms with van der Waals surface area (Å²) in [6.45, 7) is 2.61. The van der Waals surface area contributed by atoms with Gasteiger partial charge in [-0.05, 0) is 55.0 Å². The van der Waals surface area contributed by atoms with Crippen LogP contribution in [0.1, 0.15) is 41.6 Å². The molecule has 2 amide bonds. The van der Waals surface area contributed by atoms with Gasteiger partial charge < -0.3 is 19.5 Å². The van der Waals surface area contributed by atoms with E-state index in [2.05, 4.69) is 30.7 Å². The van der Waals surface area contributed by atoms with Gasteiger partial charge in [-0.1, -0.05) is 18.9 Å². The molecule has 3 unspecified atom stereocenters. The Kier molecular flexibility index (Phi) is 6.42. The number of carbonyl (C=O) groups excluding carboxylic acids is 2. The van der Waals surface area contributed by atoms with Crippen LogP contribution in [0.25, 0.3) is 11.2 Å². The van der Waals surface area contributed by atoms with Crippen molar-refractivity contribution in [1.82, 2.24) is 30.7 Å². The summed E-state index contributed by atoms with van der Waals surface area (Å²) in [5.41, 5.74) is 9.39. The van der Waals surface area contributed by atoms with Crippen molar-refractivity contribution in [2.24, 2.45) is 11.8 Å². The highest BCUT2D eigenvalue weighted by atomic mass is 16.5. The molecule has 3 aromatic rings. The fraction of sp³-hybridized carbons (Fsp3) is 0.481. The Bertz CT molecular complexity index is 1300. The van der Waals surface area contributed by atoms with Crippen molar-refractivity contribution in [1.29, 1.82) is 0 Å². The van der Waals surface area contributed by atoms with Crippen LogP contribution in [0.15, 0.2) is 36.7 Å². The number of piperazine rings is 1. The lowest BCUT2D eigenvalue weighted by Gasteiger charge is -2.41. The number of amides is 2. The van der Waals surface area contributed by atoms with E-state index in [-0.39, 0.29) is 23.8 Å². The van der Waals surface area contributed by atoms with Gasteiger partial charge >= 0.3 is 0 Å². The first-order chi connectivity index (χ1) is 18.1. The summed E-state index contributed by atoms with van der Waals surface area (Å²) in [6, 6.07) is 10.0. The van der Waals surface area contributed by atoms with Gasteiger partial charge in [0.1, 0.15) is 11.6 Å². The third kappa shape index (κ3) is 4.61. The maximum atomic E-state index is 13.6. The smallest absolute Gasteiger partial charge is 0.257 e. The predicted octanol–water partition coefficient (Wildman–Crippen LogP) is 2.28. The minimum atomic E-state index is -0.0190. The number of nitrogens with zero attached hydrogens (tertiary/aromatic N) is 4. The van der Waals surface area contributed by atoms with E-state index in [4.69, 9.17) is 4.74 Å². The summed E-state index contributed by atoms with van der Waals surface area (Å²) in [5, 5.41) is 0. The molecule has 0 radical (unpaired) electrons. The standard InChI is InChI=1S/C27H33N7O3/c1-37-23-8-6-17(15-22-18-4-2-3-5-19(18)26(35)32-31-22)14-20(23)27(36)34-12-10-33(11-13-34)24-9-7-21-25(30-24)29-16-28-21/h6-9,14,16,18-19,22,31H,2-5,10-13,15H2,1H3,(H,32,35)(H,28,29,30). The van der Waals surface area contributed by atoms with Crippen LogP contribution in [-0.2, 0) is 11.2 Å². The maximum absolute atomic E-state index is 13.6. The molecule has 10 heteroatoms. The first-order valence-corrected chi connectivity index (χ1v) is 13.2. The maximum Gasteiger partial charge on any atom is 0.257 e. The number of H-pyrrole nitrogens is 1. The Morgan fingerprint density at radius 2 is 1.95 bits per heavy atom. The molecule has 6 rings (SSSR count). The molecule has 3 atom stereocenters. The number of benzene rings is 1. The van der Waals surface area contributed by atoms with Crippen LogP contribution in [0.5, 0.6) is 5.75 Å². The number of hydrazine groups is 1. The summed E-state index contributed by atoms with van der Waals surface area (Å²) in [6.07, 6.45) is 6.69. The van der Waals surface area contributed by atoms with Crippen LogP contribution < -0.4 is 20.5 Å². The van der Waals surface area contributed by atoms with E-state index in [0.717, 1.165) is 49.0 Å². The monoisotopic (exact) mass is 503 g/mol. The number of methoxy groups -OCH3 is 1. The number of anilines is 1. The summed E-state index contributed by atoms with van der Waals surface area (Å²) < 4.78 is 5.58. The lowest BCUT2D eigenvalue weighted by Crippen LogP contribution is -2.60. The molecule has 1 aromatic carbocycles. The van der Waals surface area contributed by atoms with E-state index < -0.39 is 0 Å². The van der Waals surface area contributed by atoms with Crippen molar-refractivity contribution in [2.75, 3.05) is 38.2 Å². The Morgan fingerprint density at radius 3 is 2.78 bits per heavy atom. The number of rotatable bonds is 5. The average Bonchev–Trinajstić information content (AvgIpc) is 3.42. The quantitative estimate of drug-likeness (QED) is 0.489. The zero-order valence-corrected chi connectivity index (χ0v) is 21.1. The third-order valence-electron chi connectivity index (χ3n) is 8.16. The lowest BCUT2D eigenvalue weighted by molar-refractivity contribution is -0.133. The van der Waals surface area contributed by atoms with Crippen LogP contribution in [0, 0.1) is 11.8 Å². The Balaban J connectivity index is 1.15. The lowest BCUT2D eigenvalue weighted by atomic mass is 9.72. The molecule has 194 valence electrons. The van der Waals surface area contributed by atoms with Gasteiger partial charge in [-0.25, -0.2) is 15.4 Å². The van der Waals surface area contributed by atoms with Crippen molar-refractivity contribution < 1.29 is 14.3 Å². The van der Waals surface area contributed by atoms with Crippen LogP contribution in [0.4, 0.5) is 5.82 Å². The number of carbonyl (C=O) groups is 2. The van der Waals surface area contributed by atoms with E-state index in [9.17, 15) is 9.59 Å². The van der Waals surface area contributed by atoms with E-state index in [1.54, 1.807) is 13.4 Å². The second-order valence-electron chi connectivity index (χ2n) is 10.3. The topological polar surface area (TPSA) is 115 Å². The van der Waals surface area contributed by atoms with Gasteiger partial charge in [0.15, 0.2) is 5.65 Å². The molecule has 37 heavy (non-hydrogen) atoms. The van der Waals surface area contributed by atoms with Crippen molar-refractivity contribution >= 4 is 28.8 Å². The molecule has 0 spiro atoms. The molecular formula is C27H33N7O3. The molecule has 2 aromatic heterocycles. The summed E-state index contributed by atoms with van der Waals surface area (Å²) in [4.78, 5) is 42.0. The fourth-order valence-electron chi connectivity index (χ4n) is 6.13. The molecule has 2 aliphatic heterocycles. The predicted molar refractivity (Wildman–Crippen MR) is 139 cm³/mol. The zero-order chi connectivity index (χ0) is 25.4. The number of nitrogens with one attached hydrogen (secondary N) is 3. The first-order valence-electron chi connectivity index (χ1n) is 13.2. The number of imidazole rings is 1. The van der Waals surface area contributed by atoms with Gasteiger partial charge in [0.2, 0.25) is 5.91 Å². The highest BCUT2D eigenvalue weighted by Gasteiger charge is 2.40. The highest BCUT2D eigenvalue weighted by Crippen LogP contribution is 2.36. The summed E-state index contributed by atoms with van der Waals surface area (Å²) in [5.74, 6) is 1.96. The van der Waals surface area contributed by atoms with Crippen molar-refractivity contribution in [3.8, 4) is 5.75 Å². The molecule has 3 aliphatic rings. The van der Waals surface area contributed by atoms with Gasteiger partial charge in [0, 0.05) is 38.1 Å². The number of pyridine rings is 1. The number of aromatic nitrogens is 3. The Labute approximate surface area is 215 Å². The van der Waals surface area contributed by atoms with Crippen molar-refractivity contribution in [3.63, 3.8) is 0 Å². The number of hydrogen-bond acceptors (Lipinski definition) is 7. The highest BCUT2D eigenvalue weighted by molar-refractivity contribution is 5.97. The Morgan fingerprint density at radius 1 is 1.11 bits per heavy atom. The molecule has 10 nitrogen and oxygen atoms in total. The molecule has 1 saturated carbocycles. The van der Waals surface area contributed by atoms with Crippen LogP contribution >= 0.6 is 0 Å². The SMILES string of the molecule is COc1ccc(CC2NNC(=O)C3CCCCC23)cc1C(=O)N1CCN(c2ccc3[nH]cnc3n2)CC1. The van der Waals surface area contributed by atoms with Crippen LogP contribution in [0.3, 0.4) is 0 Å². The molecule has 4 heterocycles. The van der Waals surface area contributed by atoms with E-state index >= 15 is 0 Å². The van der Waals surface area contributed by atoms with E-state index in [1.165, 1.54) is 0 Å². The minimum absolute atomic E-state index is 0.0190. The van der Waals surface area contributed by atoms with Gasteiger partial charge in [0.05, 0.1) is 24.5 Å². The first kappa shape index (κ1) is 23.7. The summed E-state index contributed by atoms with van der Waals surface area (Å²) in [7, 11) is 1.60. The number of ether oxygens (including phenoxy) is 1. The summed E-state index contributed by atoms with van der Waals surface area (Å²) >= 11 is 0. The van der Waals surface area contributed by atoms with Gasteiger partial charge in [-0.2, -0.15) is 0 Å². The second kappa shape index (κ2) is 10.0. The van der Waals surface area contributed by atoms with E-state index in [0.29, 0.717) is 49.1 Å². The molecule has 0 bridgehead atoms. The third-order valence-corrected chi connectivity index (χ3v) is 8.16. The molecule has 2 saturated heterocycles. The molecule has 3 fully saturated rings. The van der Waals surface area contributed by atoms with Crippen molar-refractivity contribution in [3.05, 3.63) is 47.8 Å². The van der Waals surface area contributed by atoms with E-state index in [1.807, 2.05) is 35.2 Å². The second-order valence-corrected chi connectivity index (χ2v) is 10.3. The molecular weight excluding hydrogens is 470 g/mol. The molecule has 1 aliphatic carbocycles. The van der Waals surface area contributed by atoms with Gasteiger partial charge in [-0.15, -0.1) is 0 Å².